The molecule has 6 heteroatoms. The minimum Gasteiger partial charge on any atom is -0.419 e. The fourth-order valence-corrected chi connectivity index (χ4v) is 3.14. The number of hydrogen-bond acceptors (Lipinski definition) is 5. The molecule has 1 saturated heterocycles. The molecule has 1 aliphatic rings. The van der Waals surface area contributed by atoms with E-state index in [-0.39, 0.29) is 5.82 Å². The molecule has 0 bridgehead atoms. The SMILES string of the molecule is Cc1ccc(-c2nnc(CN3CCN(c4ccc(F)cc4)CC3)o2)cc1. The fourth-order valence-electron chi connectivity index (χ4n) is 3.14. The highest BCUT2D eigenvalue weighted by Gasteiger charge is 2.19. The molecule has 0 radical (unpaired) electrons. The Kier molecular flexibility index (Phi) is 4.67. The molecular formula is C20H21FN4O. The molecule has 3 aromatic rings. The van der Waals surface area contributed by atoms with Gasteiger partial charge in [0, 0.05) is 37.4 Å². The van der Waals surface area contributed by atoms with Crippen LogP contribution in [0.2, 0.25) is 0 Å². The van der Waals surface area contributed by atoms with E-state index in [1.807, 2.05) is 36.4 Å². The third-order valence-corrected chi connectivity index (χ3v) is 4.69. The van der Waals surface area contributed by atoms with Crippen molar-refractivity contribution in [3.05, 3.63) is 65.8 Å². The van der Waals surface area contributed by atoms with E-state index in [2.05, 4.69) is 26.9 Å². The lowest BCUT2D eigenvalue weighted by Gasteiger charge is -2.35. The van der Waals surface area contributed by atoms with Gasteiger partial charge in [0.1, 0.15) is 5.82 Å². The molecule has 26 heavy (non-hydrogen) atoms. The van der Waals surface area contributed by atoms with Crippen LogP contribution >= 0.6 is 0 Å². The first-order valence-electron chi connectivity index (χ1n) is 8.80. The standard InChI is InChI=1S/C20H21FN4O/c1-15-2-4-16(5-3-15)20-23-22-19(26-20)14-24-10-12-25(13-11-24)18-8-6-17(21)7-9-18/h2-9H,10-14H2,1H3. The van der Waals surface area contributed by atoms with Crippen LogP contribution < -0.4 is 4.90 Å². The predicted molar refractivity (Wildman–Crippen MR) is 98.4 cm³/mol. The van der Waals surface area contributed by atoms with Crippen molar-refractivity contribution < 1.29 is 8.81 Å². The largest absolute Gasteiger partial charge is 0.419 e. The summed E-state index contributed by atoms with van der Waals surface area (Å²) in [6.07, 6.45) is 0. The molecule has 0 unspecified atom stereocenters. The second-order valence-corrected chi connectivity index (χ2v) is 6.61. The second-order valence-electron chi connectivity index (χ2n) is 6.61. The second kappa shape index (κ2) is 7.25. The van der Waals surface area contributed by atoms with Crippen LogP contribution in [0.4, 0.5) is 10.1 Å². The molecule has 2 aromatic carbocycles. The van der Waals surface area contributed by atoms with Gasteiger partial charge in [0.2, 0.25) is 11.8 Å². The number of nitrogens with zero attached hydrogens (tertiary/aromatic N) is 4. The summed E-state index contributed by atoms with van der Waals surface area (Å²) in [6, 6.07) is 14.7. The Bertz CT molecular complexity index is 852. The normalized spacial score (nSPS) is 15.4. The number of halogens is 1. The maximum Gasteiger partial charge on any atom is 0.247 e. The molecule has 0 N–H and O–H groups in total. The van der Waals surface area contributed by atoms with Crippen LogP contribution in [0.3, 0.4) is 0 Å². The van der Waals surface area contributed by atoms with Crippen molar-refractivity contribution in [2.75, 3.05) is 31.1 Å². The minimum atomic E-state index is -0.201. The van der Waals surface area contributed by atoms with Gasteiger partial charge in [-0.2, -0.15) is 0 Å². The van der Waals surface area contributed by atoms with Crippen LogP contribution in [-0.4, -0.2) is 41.3 Å². The van der Waals surface area contributed by atoms with Crippen molar-refractivity contribution in [2.24, 2.45) is 0 Å². The van der Waals surface area contributed by atoms with Gasteiger partial charge < -0.3 is 9.32 Å². The van der Waals surface area contributed by atoms with Crippen molar-refractivity contribution in [3.8, 4) is 11.5 Å². The molecule has 1 fully saturated rings. The molecule has 5 nitrogen and oxygen atoms in total. The maximum atomic E-state index is 13.1. The van der Waals surface area contributed by atoms with Crippen molar-refractivity contribution in [1.29, 1.82) is 0 Å². The zero-order valence-corrected chi connectivity index (χ0v) is 14.7. The van der Waals surface area contributed by atoms with Gasteiger partial charge in [-0.3, -0.25) is 4.90 Å². The van der Waals surface area contributed by atoms with Crippen molar-refractivity contribution >= 4 is 5.69 Å². The van der Waals surface area contributed by atoms with Crippen LogP contribution in [0, 0.1) is 12.7 Å². The van der Waals surface area contributed by atoms with Gasteiger partial charge >= 0.3 is 0 Å². The molecular weight excluding hydrogens is 331 g/mol. The topological polar surface area (TPSA) is 45.4 Å². The number of aromatic nitrogens is 2. The summed E-state index contributed by atoms with van der Waals surface area (Å²) >= 11 is 0. The Hall–Kier alpha value is -2.73. The van der Waals surface area contributed by atoms with Crippen molar-refractivity contribution in [1.82, 2.24) is 15.1 Å². The summed E-state index contributed by atoms with van der Waals surface area (Å²) in [5, 5.41) is 8.35. The highest BCUT2D eigenvalue weighted by Crippen LogP contribution is 2.20. The number of piperazine rings is 1. The van der Waals surface area contributed by atoms with Crippen molar-refractivity contribution in [2.45, 2.75) is 13.5 Å². The van der Waals surface area contributed by atoms with E-state index in [0.717, 1.165) is 37.4 Å². The number of aryl methyl sites for hydroxylation is 1. The summed E-state index contributed by atoms with van der Waals surface area (Å²) in [7, 11) is 0. The first-order valence-corrected chi connectivity index (χ1v) is 8.80. The first-order chi connectivity index (χ1) is 12.7. The van der Waals surface area contributed by atoms with Gasteiger partial charge in [0.15, 0.2) is 0 Å². The number of benzene rings is 2. The molecule has 134 valence electrons. The summed E-state index contributed by atoms with van der Waals surface area (Å²) < 4.78 is 18.9. The van der Waals surface area contributed by atoms with Crippen LogP contribution in [0.25, 0.3) is 11.5 Å². The summed E-state index contributed by atoms with van der Waals surface area (Å²) in [6.45, 7) is 6.29. The van der Waals surface area contributed by atoms with E-state index in [0.29, 0.717) is 18.3 Å². The molecule has 0 aliphatic carbocycles. The third kappa shape index (κ3) is 3.75. The molecule has 1 aliphatic heterocycles. The molecule has 0 spiro atoms. The smallest absolute Gasteiger partial charge is 0.247 e. The van der Waals surface area contributed by atoms with Gasteiger partial charge in [-0.1, -0.05) is 17.7 Å². The van der Waals surface area contributed by atoms with E-state index < -0.39 is 0 Å². The van der Waals surface area contributed by atoms with Gasteiger partial charge in [-0.05, 0) is 43.3 Å². The van der Waals surface area contributed by atoms with Gasteiger partial charge in [-0.25, -0.2) is 4.39 Å². The Balaban J connectivity index is 1.34. The molecule has 4 rings (SSSR count). The number of hydrogen-bond donors (Lipinski definition) is 0. The molecule has 0 amide bonds. The Labute approximate surface area is 152 Å². The van der Waals surface area contributed by atoms with Crippen LogP contribution in [-0.2, 0) is 6.54 Å². The Morgan fingerprint density at radius 1 is 0.923 bits per heavy atom. The minimum absolute atomic E-state index is 0.201. The van der Waals surface area contributed by atoms with Crippen LogP contribution in [0.15, 0.2) is 52.9 Å². The third-order valence-electron chi connectivity index (χ3n) is 4.69. The average molecular weight is 352 g/mol. The highest BCUT2D eigenvalue weighted by atomic mass is 19.1. The van der Waals surface area contributed by atoms with E-state index >= 15 is 0 Å². The van der Waals surface area contributed by atoms with Gasteiger partial charge in [-0.15, -0.1) is 10.2 Å². The lowest BCUT2D eigenvalue weighted by Crippen LogP contribution is -2.46. The van der Waals surface area contributed by atoms with E-state index in [4.69, 9.17) is 4.42 Å². The van der Waals surface area contributed by atoms with Crippen LogP contribution in [0.1, 0.15) is 11.5 Å². The average Bonchev–Trinajstić information content (AvgIpc) is 3.12. The molecule has 1 aromatic heterocycles. The zero-order chi connectivity index (χ0) is 17.9. The first kappa shape index (κ1) is 16.7. The summed E-state index contributed by atoms with van der Waals surface area (Å²) in [5.41, 5.74) is 3.20. The molecule has 2 heterocycles. The van der Waals surface area contributed by atoms with E-state index in [9.17, 15) is 4.39 Å². The lowest BCUT2D eigenvalue weighted by molar-refractivity contribution is 0.227. The maximum absolute atomic E-state index is 13.1. The highest BCUT2D eigenvalue weighted by molar-refractivity contribution is 5.52. The van der Waals surface area contributed by atoms with E-state index in [1.165, 1.54) is 17.7 Å². The van der Waals surface area contributed by atoms with Gasteiger partial charge in [0.05, 0.1) is 6.54 Å². The fraction of sp³-hybridized carbons (Fsp3) is 0.300. The Morgan fingerprint density at radius 3 is 2.31 bits per heavy atom. The predicted octanol–water partition coefficient (Wildman–Crippen LogP) is 3.51. The van der Waals surface area contributed by atoms with Crippen LogP contribution in [0.5, 0.6) is 0 Å². The Morgan fingerprint density at radius 2 is 1.62 bits per heavy atom. The monoisotopic (exact) mass is 352 g/mol. The zero-order valence-electron chi connectivity index (χ0n) is 14.7. The summed E-state index contributed by atoms with van der Waals surface area (Å²) in [4.78, 5) is 4.56. The van der Waals surface area contributed by atoms with Crippen molar-refractivity contribution in [3.63, 3.8) is 0 Å². The number of anilines is 1. The molecule has 0 atom stereocenters. The molecule has 0 saturated carbocycles. The quantitative estimate of drug-likeness (QED) is 0.719. The lowest BCUT2D eigenvalue weighted by atomic mass is 10.1. The summed E-state index contributed by atoms with van der Waals surface area (Å²) in [5.74, 6) is 0.994. The number of rotatable bonds is 4. The van der Waals surface area contributed by atoms with Gasteiger partial charge in [0.25, 0.3) is 0 Å². The van der Waals surface area contributed by atoms with E-state index in [1.54, 1.807) is 0 Å².